The van der Waals surface area contributed by atoms with Crippen LogP contribution in [-0.2, 0) is 4.74 Å². The van der Waals surface area contributed by atoms with Gasteiger partial charge in [-0.2, -0.15) is 0 Å². The standard InChI is InChI=1S/C13H17NO6/c1-6(16)7-3-2-4-14-9(7)13-12(19)11(18)10(17)8(5-15)20-13/h2-4,8,10-13,15,17-19H,5H2,1H3/t8-,10-,11+,12-,13?/m1/s1. The van der Waals surface area contributed by atoms with Crippen LogP contribution >= 0.6 is 0 Å². The van der Waals surface area contributed by atoms with Gasteiger partial charge in [0.2, 0.25) is 0 Å². The Balaban J connectivity index is 2.39. The van der Waals surface area contributed by atoms with Gasteiger partial charge >= 0.3 is 0 Å². The number of aliphatic hydroxyl groups is 4. The SMILES string of the molecule is CC(=O)c1cccnc1C1O[C@H](CO)[C@@H](O)[C@H](O)[C@H]1O. The number of ether oxygens (including phenoxy) is 1. The highest BCUT2D eigenvalue weighted by Crippen LogP contribution is 2.32. The Labute approximate surface area is 115 Å². The van der Waals surface area contributed by atoms with Gasteiger partial charge in [0.25, 0.3) is 0 Å². The zero-order valence-corrected chi connectivity index (χ0v) is 10.9. The number of aliphatic hydroxyl groups excluding tert-OH is 4. The molecule has 0 spiro atoms. The van der Waals surface area contributed by atoms with E-state index in [1.165, 1.54) is 19.2 Å². The number of ketones is 1. The predicted octanol–water partition coefficient (Wildman–Crippen LogP) is -1.20. The lowest BCUT2D eigenvalue weighted by Gasteiger charge is -2.40. The van der Waals surface area contributed by atoms with Gasteiger partial charge in [0.1, 0.15) is 30.5 Å². The molecule has 1 saturated heterocycles. The lowest BCUT2D eigenvalue weighted by atomic mass is 9.91. The number of nitrogens with zero attached hydrogens (tertiary/aromatic N) is 1. The van der Waals surface area contributed by atoms with E-state index >= 15 is 0 Å². The first kappa shape index (κ1) is 15.0. The Morgan fingerprint density at radius 2 is 2.00 bits per heavy atom. The van der Waals surface area contributed by atoms with Gasteiger partial charge in [-0.1, -0.05) is 0 Å². The van der Waals surface area contributed by atoms with Gasteiger partial charge in [-0.25, -0.2) is 0 Å². The molecule has 0 bridgehead atoms. The van der Waals surface area contributed by atoms with Crippen LogP contribution in [0.15, 0.2) is 18.3 Å². The van der Waals surface area contributed by atoms with E-state index in [9.17, 15) is 20.1 Å². The van der Waals surface area contributed by atoms with Gasteiger partial charge in [-0.3, -0.25) is 9.78 Å². The van der Waals surface area contributed by atoms with E-state index in [4.69, 9.17) is 9.84 Å². The largest absolute Gasteiger partial charge is 0.394 e. The number of hydrogen-bond donors (Lipinski definition) is 4. The smallest absolute Gasteiger partial charge is 0.161 e. The Kier molecular flexibility index (Phi) is 4.46. The molecule has 1 aliphatic rings. The quantitative estimate of drug-likeness (QED) is 0.514. The number of carbonyl (C=O) groups excluding carboxylic acids is 1. The summed E-state index contributed by atoms with van der Waals surface area (Å²) < 4.78 is 5.38. The second kappa shape index (κ2) is 5.94. The maximum absolute atomic E-state index is 11.6. The maximum Gasteiger partial charge on any atom is 0.161 e. The van der Waals surface area contributed by atoms with Crippen molar-refractivity contribution < 1.29 is 30.0 Å². The van der Waals surface area contributed by atoms with Crippen LogP contribution in [0.1, 0.15) is 29.1 Å². The maximum atomic E-state index is 11.6. The first-order valence-electron chi connectivity index (χ1n) is 6.23. The van der Waals surface area contributed by atoms with Crippen molar-refractivity contribution in [2.45, 2.75) is 37.4 Å². The van der Waals surface area contributed by atoms with E-state index in [1.54, 1.807) is 6.07 Å². The minimum atomic E-state index is -1.49. The van der Waals surface area contributed by atoms with Crippen LogP contribution in [0.25, 0.3) is 0 Å². The summed E-state index contributed by atoms with van der Waals surface area (Å²) in [7, 11) is 0. The molecule has 20 heavy (non-hydrogen) atoms. The molecule has 1 fully saturated rings. The minimum Gasteiger partial charge on any atom is -0.394 e. The fraction of sp³-hybridized carbons (Fsp3) is 0.538. The van der Waals surface area contributed by atoms with Crippen molar-refractivity contribution in [3.63, 3.8) is 0 Å². The van der Waals surface area contributed by atoms with Gasteiger partial charge in [0.05, 0.1) is 12.3 Å². The lowest BCUT2D eigenvalue weighted by molar-refractivity contribution is -0.232. The average molecular weight is 283 g/mol. The number of hydrogen-bond acceptors (Lipinski definition) is 7. The first-order chi connectivity index (χ1) is 9.47. The number of rotatable bonds is 3. The summed E-state index contributed by atoms with van der Waals surface area (Å²) >= 11 is 0. The summed E-state index contributed by atoms with van der Waals surface area (Å²) in [5.74, 6) is -0.259. The summed E-state index contributed by atoms with van der Waals surface area (Å²) in [4.78, 5) is 15.6. The first-order valence-corrected chi connectivity index (χ1v) is 6.23. The highest BCUT2D eigenvalue weighted by Gasteiger charge is 2.45. The molecule has 1 aromatic heterocycles. The zero-order chi connectivity index (χ0) is 14.9. The molecule has 0 saturated carbocycles. The third-order valence-corrected chi connectivity index (χ3v) is 3.38. The zero-order valence-electron chi connectivity index (χ0n) is 10.9. The van der Waals surface area contributed by atoms with Crippen LogP contribution in [0.3, 0.4) is 0 Å². The average Bonchev–Trinajstić information content (AvgIpc) is 2.45. The second-order valence-corrected chi connectivity index (χ2v) is 4.74. The van der Waals surface area contributed by atoms with Crippen LogP contribution in [0.4, 0.5) is 0 Å². The highest BCUT2D eigenvalue weighted by atomic mass is 16.5. The molecule has 1 aromatic rings. The van der Waals surface area contributed by atoms with Crippen LogP contribution in [0, 0.1) is 0 Å². The third-order valence-electron chi connectivity index (χ3n) is 3.38. The molecule has 7 nitrogen and oxygen atoms in total. The van der Waals surface area contributed by atoms with Gasteiger partial charge < -0.3 is 25.2 Å². The summed E-state index contributed by atoms with van der Waals surface area (Å²) in [6, 6.07) is 3.11. The van der Waals surface area contributed by atoms with E-state index in [-0.39, 0.29) is 17.0 Å². The van der Waals surface area contributed by atoms with Crippen LogP contribution in [0.5, 0.6) is 0 Å². The van der Waals surface area contributed by atoms with Crippen LogP contribution in [-0.4, -0.2) is 62.2 Å². The molecule has 4 N–H and O–H groups in total. The Hall–Kier alpha value is -1.38. The molecule has 2 heterocycles. The van der Waals surface area contributed by atoms with E-state index in [0.29, 0.717) is 0 Å². The Bertz CT molecular complexity index is 492. The number of pyridine rings is 1. The molecular weight excluding hydrogens is 266 g/mol. The molecule has 0 aliphatic carbocycles. The predicted molar refractivity (Wildman–Crippen MR) is 67.0 cm³/mol. The number of carbonyl (C=O) groups is 1. The Morgan fingerprint density at radius 3 is 2.60 bits per heavy atom. The summed E-state index contributed by atoms with van der Waals surface area (Å²) in [5.41, 5.74) is 0.439. The molecule has 110 valence electrons. The third kappa shape index (κ3) is 2.58. The van der Waals surface area contributed by atoms with Crippen LogP contribution < -0.4 is 0 Å². The second-order valence-electron chi connectivity index (χ2n) is 4.74. The van der Waals surface area contributed by atoms with Gasteiger partial charge in [0.15, 0.2) is 5.78 Å². The number of Topliss-reactive ketones (excluding diaryl/α,β-unsaturated/α-hetero) is 1. The molecule has 1 unspecified atom stereocenters. The van der Waals surface area contributed by atoms with Gasteiger partial charge in [-0.05, 0) is 19.1 Å². The number of aromatic nitrogens is 1. The van der Waals surface area contributed by atoms with Crippen molar-refractivity contribution in [2.24, 2.45) is 0 Å². The molecular formula is C13H17NO6. The van der Waals surface area contributed by atoms with Gasteiger partial charge in [-0.15, -0.1) is 0 Å². The van der Waals surface area contributed by atoms with Gasteiger partial charge in [0, 0.05) is 11.8 Å². The molecule has 5 atom stereocenters. The molecule has 0 aromatic carbocycles. The molecule has 0 radical (unpaired) electrons. The van der Waals surface area contributed by atoms with Crippen molar-refractivity contribution in [3.05, 3.63) is 29.6 Å². The fourth-order valence-corrected chi connectivity index (χ4v) is 2.27. The van der Waals surface area contributed by atoms with E-state index in [2.05, 4.69) is 4.98 Å². The molecule has 0 amide bonds. The van der Waals surface area contributed by atoms with Crippen molar-refractivity contribution >= 4 is 5.78 Å². The normalized spacial score (nSPS) is 34.0. The highest BCUT2D eigenvalue weighted by molar-refractivity contribution is 5.95. The molecule has 7 heteroatoms. The van der Waals surface area contributed by atoms with E-state index < -0.39 is 37.1 Å². The topological polar surface area (TPSA) is 120 Å². The summed E-state index contributed by atoms with van der Waals surface area (Å²) in [6.45, 7) is 0.828. The van der Waals surface area contributed by atoms with E-state index in [0.717, 1.165) is 0 Å². The van der Waals surface area contributed by atoms with Crippen molar-refractivity contribution in [2.75, 3.05) is 6.61 Å². The molecule has 2 rings (SSSR count). The molecule has 1 aliphatic heterocycles. The lowest BCUT2D eigenvalue weighted by Crippen LogP contribution is -2.55. The van der Waals surface area contributed by atoms with Crippen LogP contribution in [0.2, 0.25) is 0 Å². The summed E-state index contributed by atoms with van der Waals surface area (Å²) in [6.07, 6.45) is -5.06. The van der Waals surface area contributed by atoms with Crippen molar-refractivity contribution in [3.8, 4) is 0 Å². The fourth-order valence-electron chi connectivity index (χ4n) is 2.27. The monoisotopic (exact) mass is 283 g/mol. The summed E-state index contributed by atoms with van der Waals surface area (Å²) in [5, 5.41) is 38.6. The van der Waals surface area contributed by atoms with Crippen molar-refractivity contribution in [1.82, 2.24) is 4.98 Å². The van der Waals surface area contributed by atoms with Crippen molar-refractivity contribution in [1.29, 1.82) is 0 Å². The Morgan fingerprint density at radius 1 is 1.30 bits per heavy atom. The minimum absolute atomic E-state index is 0.178. The van der Waals surface area contributed by atoms with E-state index in [1.807, 2.05) is 0 Å².